The largest absolute Gasteiger partial charge is 0.497 e. The quantitative estimate of drug-likeness (QED) is 0.486. The molecule has 2 rings (SSSR count). The van der Waals surface area contributed by atoms with E-state index >= 15 is 0 Å². The number of aliphatic hydroxyl groups is 4. The smallest absolute Gasteiger partial charge is 0.186 e. The van der Waals surface area contributed by atoms with Crippen LogP contribution in [0.4, 0.5) is 0 Å². The van der Waals surface area contributed by atoms with Crippen LogP contribution in [-0.2, 0) is 15.9 Å². The average molecular weight is 342 g/mol. The summed E-state index contributed by atoms with van der Waals surface area (Å²) in [5.74, 6) is 0.824. The summed E-state index contributed by atoms with van der Waals surface area (Å²) in [5, 5.41) is 38.3. The molecular formula is C17H26O7. The maximum absolute atomic E-state index is 9.85. The molecule has 5 unspecified atom stereocenters. The predicted molar refractivity (Wildman–Crippen MR) is 85.7 cm³/mol. The molecule has 1 heterocycles. The molecule has 0 bridgehead atoms. The van der Waals surface area contributed by atoms with E-state index in [1.54, 1.807) is 7.11 Å². The molecule has 24 heavy (non-hydrogen) atoms. The van der Waals surface area contributed by atoms with Crippen LogP contribution in [0, 0.1) is 0 Å². The summed E-state index contributed by atoms with van der Waals surface area (Å²) >= 11 is 0. The molecule has 7 heteroatoms. The van der Waals surface area contributed by atoms with Gasteiger partial charge in [0.25, 0.3) is 0 Å². The van der Waals surface area contributed by atoms with E-state index in [0.717, 1.165) is 25.0 Å². The lowest BCUT2D eigenvalue weighted by molar-refractivity contribution is -0.301. The second kappa shape index (κ2) is 9.31. The molecule has 0 radical (unpaired) electrons. The maximum Gasteiger partial charge on any atom is 0.186 e. The fraction of sp³-hybridized carbons (Fsp3) is 0.647. The number of rotatable bonds is 8. The molecule has 136 valence electrons. The van der Waals surface area contributed by atoms with E-state index in [-0.39, 0.29) is 0 Å². The first-order valence-corrected chi connectivity index (χ1v) is 8.12. The van der Waals surface area contributed by atoms with E-state index in [0.29, 0.717) is 6.61 Å². The summed E-state index contributed by atoms with van der Waals surface area (Å²) in [7, 11) is 1.63. The molecule has 1 aromatic rings. The van der Waals surface area contributed by atoms with Gasteiger partial charge >= 0.3 is 0 Å². The fourth-order valence-corrected chi connectivity index (χ4v) is 2.63. The Kier molecular flexibility index (Phi) is 7.41. The third-order valence-corrected chi connectivity index (χ3v) is 4.15. The van der Waals surface area contributed by atoms with E-state index in [9.17, 15) is 15.3 Å². The Morgan fingerprint density at radius 2 is 1.71 bits per heavy atom. The summed E-state index contributed by atoms with van der Waals surface area (Å²) in [5.41, 5.74) is 1.20. The molecule has 4 N–H and O–H groups in total. The minimum Gasteiger partial charge on any atom is -0.497 e. The first-order chi connectivity index (χ1) is 11.6. The molecule has 5 atom stereocenters. The number of benzene rings is 1. The lowest BCUT2D eigenvalue weighted by atomic mass is 9.99. The topological polar surface area (TPSA) is 109 Å². The molecule has 0 aromatic heterocycles. The first-order valence-electron chi connectivity index (χ1n) is 8.12. The Balaban J connectivity index is 1.69. The van der Waals surface area contributed by atoms with Crippen LogP contribution in [0.15, 0.2) is 24.3 Å². The number of unbranched alkanes of at least 4 members (excludes halogenated alkanes) is 1. The minimum absolute atomic E-state index is 0.346. The van der Waals surface area contributed by atoms with Crippen molar-refractivity contribution in [2.75, 3.05) is 20.3 Å². The number of hydrogen-bond acceptors (Lipinski definition) is 7. The Bertz CT molecular complexity index is 476. The Morgan fingerprint density at radius 1 is 1.00 bits per heavy atom. The maximum atomic E-state index is 9.85. The predicted octanol–water partition coefficient (Wildman–Crippen LogP) is -0.166. The molecule has 1 saturated heterocycles. The standard InChI is InChI=1S/C17H26O7/c1-22-12-7-5-11(6-8-12)4-2-3-9-23-17-16(21)15(20)14(19)13(10-18)24-17/h5-8,13-21H,2-4,9-10H2,1H3. The van der Waals surface area contributed by atoms with Crippen LogP contribution in [0.5, 0.6) is 5.75 Å². The lowest BCUT2D eigenvalue weighted by Crippen LogP contribution is -2.59. The van der Waals surface area contributed by atoms with Crippen molar-refractivity contribution in [1.82, 2.24) is 0 Å². The van der Waals surface area contributed by atoms with Gasteiger partial charge in [-0.3, -0.25) is 0 Å². The molecule has 1 aromatic carbocycles. The van der Waals surface area contributed by atoms with Gasteiger partial charge < -0.3 is 34.6 Å². The van der Waals surface area contributed by atoms with E-state index in [4.69, 9.17) is 19.3 Å². The molecule has 1 aliphatic heterocycles. The first kappa shape index (κ1) is 19.1. The highest BCUT2D eigenvalue weighted by Crippen LogP contribution is 2.22. The van der Waals surface area contributed by atoms with Crippen molar-refractivity contribution in [2.45, 2.75) is 50.0 Å². The minimum atomic E-state index is -1.40. The molecule has 1 fully saturated rings. The number of ether oxygens (including phenoxy) is 3. The van der Waals surface area contributed by atoms with Crippen LogP contribution in [-0.4, -0.2) is 71.5 Å². The summed E-state index contributed by atoms with van der Waals surface area (Å²) in [6.07, 6.45) is -3.56. The second-order valence-corrected chi connectivity index (χ2v) is 5.87. The van der Waals surface area contributed by atoms with Crippen LogP contribution in [0.1, 0.15) is 18.4 Å². The van der Waals surface area contributed by atoms with Crippen molar-refractivity contribution in [3.8, 4) is 5.75 Å². The van der Waals surface area contributed by atoms with E-state index in [1.165, 1.54) is 5.56 Å². The van der Waals surface area contributed by atoms with Gasteiger partial charge in [0.05, 0.1) is 13.7 Å². The van der Waals surface area contributed by atoms with Gasteiger partial charge in [-0.25, -0.2) is 0 Å². The Hall–Kier alpha value is -1.22. The number of aliphatic hydroxyl groups excluding tert-OH is 4. The van der Waals surface area contributed by atoms with Gasteiger partial charge in [-0.1, -0.05) is 12.1 Å². The van der Waals surface area contributed by atoms with Crippen molar-refractivity contribution in [3.63, 3.8) is 0 Å². The number of methoxy groups -OCH3 is 1. The molecular weight excluding hydrogens is 316 g/mol. The van der Waals surface area contributed by atoms with Crippen molar-refractivity contribution in [1.29, 1.82) is 0 Å². The summed E-state index contributed by atoms with van der Waals surface area (Å²) < 4.78 is 15.8. The number of aryl methyl sites for hydroxylation is 1. The third-order valence-electron chi connectivity index (χ3n) is 4.15. The average Bonchev–Trinajstić information content (AvgIpc) is 2.61. The highest BCUT2D eigenvalue weighted by molar-refractivity contribution is 5.27. The van der Waals surface area contributed by atoms with Crippen LogP contribution in [0.25, 0.3) is 0 Å². The van der Waals surface area contributed by atoms with Crippen molar-refractivity contribution < 1.29 is 34.6 Å². The summed E-state index contributed by atoms with van der Waals surface area (Å²) in [4.78, 5) is 0. The van der Waals surface area contributed by atoms with Crippen molar-refractivity contribution >= 4 is 0 Å². The van der Waals surface area contributed by atoms with Gasteiger partial charge in [0.1, 0.15) is 30.2 Å². The van der Waals surface area contributed by atoms with Gasteiger partial charge in [0.2, 0.25) is 0 Å². The highest BCUT2D eigenvalue weighted by atomic mass is 16.7. The van der Waals surface area contributed by atoms with E-state index < -0.39 is 37.3 Å². The Labute approximate surface area is 141 Å². The highest BCUT2D eigenvalue weighted by Gasteiger charge is 2.43. The molecule has 7 nitrogen and oxygen atoms in total. The number of hydrogen-bond donors (Lipinski definition) is 4. The van der Waals surface area contributed by atoms with Crippen LogP contribution in [0.2, 0.25) is 0 Å². The lowest BCUT2D eigenvalue weighted by Gasteiger charge is -2.39. The monoisotopic (exact) mass is 342 g/mol. The SMILES string of the molecule is COc1ccc(CCCCOC2OC(CO)C(O)C(O)C2O)cc1. The molecule has 1 aliphatic rings. The van der Waals surface area contributed by atoms with Crippen LogP contribution >= 0.6 is 0 Å². The summed E-state index contributed by atoms with van der Waals surface area (Å²) in [6.45, 7) is -0.110. The van der Waals surface area contributed by atoms with Gasteiger partial charge in [-0.05, 0) is 37.0 Å². The fourth-order valence-electron chi connectivity index (χ4n) is 2.63. The van der Waals surface area contributed by atoms with Crippen LogP contribution < -0.4 is 4.74 Å². The molecule has 0 aliphatic carbocycles. The van der Waals surface area contributed by atoms with Gasteiger partial charge in [0, 0.05) is 6.61 Å². The van der Waals surface area contributed by atoms with Gasteiger partial charge in [0.15, 0.2) is 6.29 Å². The second-order valence-electron chi connectivity index (χ2n) is 5.87. The molecule has 0 saturated carbocycles. The third kappa shape index (κ3) is 4.89. The zero-order valence-corrected chi connectivity index (χ0v) is 13.7. The Morgan fingerprint density at radius 3 is 2.33 bits per heavy atom. The van der Waals surface area contributed by atoms with Gasteiger partial charge in [-0.2, -0.15) is 0 Å². The summed E-state index contributed by atoms with van der Waals surface area (Å²) in [6, 6.07) is 7.86. The van der Waals surface area contributed by atoms with E-state index in [1.807, 2.05) is 24.3 Å². The zero-order valence-electron chi connectivity index (χ0n) is 13.7. The van der Waals surface area contributed by atoms with Crippen molar-refractivity contribution in [2.24, 2.45) is 0 Å². The zero-order chi connectivity index (χ0) is 17.5. The normalized spacial score (nSPS) is 30.3. The van der Waals surface area contributed by atoms with Crippen molar-refractivity contribution in [3.05, 3.63) is 29.8 Å². The van der Waals surface area contributed by atoms with E-state index in [2.05, 4.69) is 0 Å². The van der Waals surface area contributed by atoms with Gasteiger partial charge in [-0.15, -0.1) is 0 Å². The molecule has 0 spiro atoms. The molecule has 0 amide bonds. The van der Waals surface area contributed by atoms with Crippen LogP contribution in [0.3, 0.4) is 0 Å².